The normalized spacial score (nSPS) is 13.0. The molecule has 23 heavy (non-hydrogen) atoms. The van der Waals surface area contributed by atoms with Gasteiger partial charge in [0.2, 0.25) is 0 Å². The standard InChI is InChI=1S/C16H20N2O3S2/c1-18(2)13(14-8-6-10-22-14)11-17-16(19)12-7-4-5-9-15(12)23(3,20)21/h4-10,13H,11H2,1-3H3,(H,17,19)/t13-/m0/s1. The minimum atomic E-state index is -3.45. The summed E-state index contributed by atoms with van der Waals surface area (Å²) in [5.74, 6) is -0.380. The lowest BCUT2D eigenvalue weighted by Crippen LogP contribution is -2.34. The molecule has 2 aromatic rings. The van der Waals surface area contributed by atoms with Crippen molar-refractivity contribution in [3.8, 4) is 0 Å². The summed E-state index contributed by atoms with van der Waals surface area (Å²) < 4.78 is 23.6. The number of hydrogen-bond acceptors (Lipinski definition) is 5. The Morgan fingerprint density at radius 1 is 1.22 bits per heavy atom. The van der Waals surface area contributed by atoms with Gasteiger partial charge in [0.05, 0.1) is 16.5 Å². The van der Waals surface area contributed by atoms with E-state index >= 15 is 0 Å². The summed E-state index contributed by atoms with van der Waals surface area (Å²) in [5.41, 5.74) is 0.179. The Morgan fingerprint density at radius 2 is 1.91 bits per heavy atom. The smallest absolute Gasteiger partial charge is 0.252 e. The van der Waals surface area contributed by atoms with E-state index in [1.165, 1.54) is 12.1 Å². The molecule has 1 aromatic heterocycles. The zero-order chi connectivity index (χ0) is 17.0. The number of likely N-dealkylation sites (N-methyl/N-ethyl adjacent to an activating group) is 1. The molecule has 0 saturated carbocycles. The summed E-state index contributed by atoms with van der Waals surface area (Å²) in [6, 6.07) is 10.3. The molecule has 7 heteroatoms. The zero-order valence-electron chi connectivity index (χ0n) is 13.3. The fraction of sp³-hybridized carbons (Fsp3) is 0.312. The quantitative estimate of drug-likeness (QED) is 0.865. The monoisotopic (exact) mass is 352 g/mol. The minimum absolute atomic E-state index is 0.0457. The van der Waals surface area contributed by atoms with Crippen LogP contribution in [-0.4, -0.2) is 46.1 Å². The molecule has 0 spiro atoms. The number of nitrogens with zero attached hydrogens (tertiary/aromatic N) is 1. The maximum Gasteiger partial charge on any atom is 0.252 e. The molecule has 1 N–H and O–H groups in total. The number of nitrogens with one attached hydrogen (secondary N) is 1. The molecule has 0 radical (unpaired) electrons. The summed E-state index contributed by atoms with van der Waals surface area (Å²) in [4.78, 5) is 15.6. The molecular weight excluding hydrogens is 332 g/mol. The summed E-state index contributed by atoms with van der Waals surface area (Å²) in [6.45, 7) is 0.407. The lowest BCUT2D eigenvalue weighted by atomic mass is 10.2. The number of hydrogen-bond donors (Lipinski definition) is 1. The molecule has 0 saturated heterocycles. The van der Waals surface area contributed by atoms with Crippen molar-refractivity contribution in [3.63, 3.8) is 0 Å². The van der Waals surface area contributed by atoms with Crippen LogP contribution >= 0.6 is 11.3 Å². The van der Waals surface area contributed by atoms with E-state index in [0.29, 0.717) is 6.54 Å². The molecule has 1 aromatic carbocycles. The fourth-order valence-corrected chi connectivity index (χ4v) is 4.09. The van der Waals surface area contributed by atoms with E-state index in [1.807, 2.05) is 36.5 Å². The number of rotatable bonds is 6. The second-order valence-corrected chi connectivity index (χ2v) is 8.44. The van der Waals surface area contributed by atoms with E-state index in [0.717, 1.165) is 11.1 Å². The third kappa shape index (κ3) is 4.40. The zero-order valence-corrected chi connectivity index (χ0v) is 14.9. The van der Waals surface area contributed by atoms with Gasteiger partial charge in [0.25, 0.3) is 5.91 Å². The van der Waals surface area contributed by atoms with Crippen LogP contribution in [0.5, 0.6) is 0 Å². The predicted molar refractivity (Wildman–Crippen MR) is 92.6 cm³/mol. The summed E-state index contributed by atoms with van der Waals surface area (Å²) in [5, 5.41) is 4.84. The second-order valence-electron chi connectivity index (χ2n) is 5.47. The van der Waals surface area contributed by atoms with E-state index in [9.17, 15) is 13.2 Å². The van der Waals surface area contributed by atoms with Crippen molar-refractivity contribution in [3.05, 3.63) is 52.2 Å². The number of sulfone groups is 1. The fourth-order valence-electron chi connectivity index (χ4n) is 2.28. The van der Waals surface area contributed by atoms with Crippen LogP contribution in [0, 0.1) is 0 Å². The van der Waals surface area contributed by atoms with Gasteiger partial charge in [0, 0.05) is 17.7 Å². The Labute approximate surface area is 140 Å². The first-order valence-electron chi connectivity index (χ1n) is 7.08. The maximum absolute atomic E-state index is 12.4. The molecule has 1 atom stereocenters. The Hall–Kier alpha value is -1.70. The van der Waals surface area contributed by atoms with E-state index < -0.39 is 9.84 Å². The molecule has 124 valence electrons. The van der Waals surface area contributed by atoms with Crippen molar-refractivity contribution in [2.45, 2.75) is 10.9 Å². The molecule has 0 aliphatic rings. The largest absolute Gasteiger partial charge is 0.350 e. The highest BCUT2D eigenvalue weighted by atomic mass is 32.2. The minimum Gasteiger partial charge on any atom is -0.350 e. The van der Waals surface area contributed by atoms with Gasteiger partial charge in [-0.1, -0.05) is 18.2 Å². The van der Waals surface area contributed by atoms with Gasteiger partial charge in [-0.3, -0.25) is 4.79 Å². The van der Waals surface area contributed by atoms with Gasteiger partial charge in [0.15, 0.2) is 9.84 Å². The van der Waals surface area contributed by atoms with Crippen molar-refractivity contribution >= 4 is 27.1 Å². The average molecular weight is 352 g/mol. The van der Waals surface area contributed by atoms with Gasteiger partial charge in [-0.05, 0) is 37.7 Å². The van der Waals surface area contributed by atoms with Crippen LogP contribution in [0.1, 0.15) is 21.3 Å². The lowest BCUT2D eigenvalue weighted by Gasteiger charge is -2.23. The van der Waals surface area contributed by atoms with Gasteiger partial charge in [0.1, 0.15) is 0 Å². The Morgan fingerprint density at radius 3 is 2.48 bits per heavy atom. The van der Waals surface area contributed by atoms with Crippen molar-refractivity contribution in [1.29, 1.82) is 0 Å². The number of benzene rings is 1. The number of thiophene rings is 1. The van der Waals surface area contributed by atoms with E-state index in [-0.39, 0.29) is 22.4 Å². The first kappa shape index (κ1) is 17.7. The third-order valence-electron chi connectivity index (χ3n) is 3.48. The van der Waals surface area contributed by atoms with Crippen LogP contribution in [0.25, 0.3) is 0 Å². The summed E-state index contributed by atoms with van der Waals surface area (Å²) >= 11 is 1.63. The molecular formula is C16H20N2O3S2. The van der Waals surface area contributed by atoms with Gasteiger partial charge in [-0.25, -0.2) is 8.42 Å². The molecule has 0 bridgehead atoms. The van der Waals surface area contributed by atoms with Crippen molar-refractivity contribution in [2.24, 2.45) is 0 Å². The van der Waals surface area contributed by atoms with Crippen LogP contribution in [-0.2, 0) is 9.84 Å². The van der Waals surface area contributed by atoms with Crippen molar-refractivity contribution in [2.75, 3.05) is 26.9 Å². The Balaban J connectivity index is 2.17. The van der Waals surface area contributed by atoms with Crippen LogP contribution in [0.15, 0.2) is 46.7 Å². The van der Waals surface area contributed by atoms with Gasteiger partial charge >= 0.3 is 0 Å². The number of amides is 1. The number of carbonyl (C=O) groups excluding carboxylic acids is 1. The summed E-state index contributed by atoms with van der Waals surface area (Å²) in [7, 11) is 0.445. The molecule has 0 unspecified atom stereocenters. The molecule has 0 aliphatic carbocycles. The molecule has 1 amide bonds. The molecule has 5 nitrogen and oxygen atoms in total. The topological polar surface area (TPSA) is 66.5 Å². The summed E-state index contributed by atoms with van der Waals surface area (Å²) in [6.07, 6.45) is 1.10. The van der Waals surface area contributed by atoms with Gasteiger partial charge < -0.3 is 10.2 Å². The predicted octanol–water partition coefficient (Wildman–Crippen LogP) is 2.18. The third-order valence-corrected chi connectivity index (χ3v) is 5.61. The van der Waals surface area contributed by atoms with Crippen molar-refractivity contribution < 1.29 is 13.2 Å². The Bertz CT molecular complexity index is 768. The highest BCUT2D eigenvalue weighted by Crippen LogP contribution is 2.22. The Kier molecular flexibility index (Phi) is 5.56. The van der Waals surface area contributed by atoms with E-state index in [2.05, 4.69) is 5.32 Å². The molecule has 0 aliphatic heterocycles. The van der Waals surface area contributed by atoms with Crippen LogP contribution in [0.2, 0.25) is 0 Å². The molecule has 0 fully saturated rings. The molecule has 2 rings (SSSR count). The SMILES string of the molecule is CN(C)[C@@H](CNC(=O)c1ccccc1S(C)(=O)=O)c1cccs1. The highest BCUT2D eigenvalue weighted by Gasteiger charge is 2.20. The first-order valence-corrected chi connectivity index (χ1v) is 9.85. The number of carbonyl (C=O) groups is 1. The van der Waals surface area contributed by atoms with Gasteiger partial charge in [-0.15, -0.1) is 11.3 Å². The maximum atomic E-state index is 12.4. The lowest BCUT2D eigenvalue weighted by molar-refractivity contribution is 0.0939. The van der Waals surface area contributed by atoms with Crippen LogP contribution < -0.4 is 5.32 Å². The van der Waals surface area contributed by atoms with Crippen LogP contribution in [0.3, 0.4) is 0 Å². The van der Waals surface area contributed by atoms with Crippen LogP contribution in [0.4, 0.5) is 0 Å². The van der Waals surface area contributed by atoms with E-state index in [4.69, 9.17) is 0 Å². The second kappa shape index (κ2) is 7.25. The van der Waals surface area contributed by atoms with Crippen molar-refractivity contribution in [1.82, 2.24) is 10.2 Å². The molecule has 1 heterocycles. The highest BCUT2D eigenvalue weighted by molar-refractivity contribution is 7.90. The average Bonchev–Trinajstić information content (AvgIpc) is 3.00. The van der Waals surface area contributed by atoms with Gasteiger partial charge in [-0.2, -0.15) is 0 Å². The first-order chi connectivity index (χ1) is 10.8. The van der Waals surface area contributed by atoms with E-state index in [1.54, 1.807) is 23.5 Å².